The van der Waals surface area contributed by atoms with Crippen LogP contribution in [0.4, 0.5) is 9.59 Å². The highest BCUT2D eigenvalue weighted by molar-refractivity contribution is 5.72. The number of nitrogens with zero attached hydrogens (tertiary/aromatic N) is 7. The minimum atomic E-state index is -1.79. The van der Waals surface area contributed by atoms with Crippen molar-refractivity contribution >= 4 is 42.0 Å². The summed E-state index contributed by atoms with van der Waals surface area (Å²) in [7, 11) is 0. The number of esters is 5. The van der Waals surface area contributed by atoms with E-state index in [2.05, 4.69) is 25.4 Å². The molecule has 5 fully saturated rings. The number of nitrogens with one attached hydrogen (secondary N) is 1. The summed E-state index contributed by atoms with van der Waals surface area (Å²) in [6, 6.07) is 25.1. The van der Waals surface area contributed by atoms with Crippen LogP contribution in [0.15, 0.2) is 101 Å². The average Bonchev–Trinajstić information content (AvgIpc) is 2.15. The molecule has 85 heavy (non-hydrogen) atoms. The molecule has 8 rings (SSSR count). The number of azide groups is 2. The highest BCUT2D eigenvalue weighted by Crippen LogP contribution is 2.44. The van der Waals surface area contributed by atoms with Crippen molar-refractivity contribution in [2.45, 2.75) is 172 Å². The number of hydrogen-bond donors (Lipinski definition) is 1. The maximum Gasteiger partial charge on any atom is 0.410 e. The fraction of sp³-hybridized carbons (Fsp3) is 0.561. The van der Waals surface area contributed by atoms with E-state index in [9.17, 15) is 44.6 Å². The van der Waals surface area contributed by atoms with E-state index >= 15 is 0 Å². The Bertz CT molecular complexity index is 2890. The second-order valence-corrected chi connectivity index (χ2v) is 21.1. The molecule has 4 aliphatic heterocycles. The molecule has 2 amide bonds. The molecule has 3 aromatic carbocycles. The zero-order valence-corrected chi connectivity index (χ0v) is 47.3. The minimum Gasteiger partial charge on any atom is -0.463 e. The molecule has 4 saturated heterocycles. The number of rotatable bonds is 23. The lowest BCUT2D eigenvalue weighted by molar-refractivity contribution is -0.298. The first kappa shape index (κ1) is 63.0. The Morgan fingerprint density at radius 2 is 1.22 bits per heavy atom. The summed E-state index contributed by atoms with van der Waals surface area (Å²) in [4.78, 5) is 98.8. The Morgan fingerprint density at radius 1 is 0.635 bits per heavy atom. The summed E-state index contributed by atoms with van der Waals surface area (Å²) in [5.74, 6) is -4.85. The molecule has 0 bridgehead atoms. The average molecular weight is 1190 g/mol. The van der Waals surface area contributed by atoms with E-state index in [-0.39, 0.29) is 39.1 Å². The van der Waals surface area contributed by atoms with Crippen molar-refractivity contribution in [3.63, 3.8) is 0 Å². The summed E-state index contributed by atoms with van der Waals surface area (Å²) >= 11 is 0. The number of ether oxygens (including phenoxy) is 13. The van der Waals surface area contributed by atoms with Gasteiger partial charge in [-0.25, -0.2) is 9.59 Å². The van der Waals surface area contributed by atoms with Crippen molar-refractivity contribution in [3.8, 4) is 0 Å². The van der Waals surface area contributed by atoms with Gasteiger partial charge in [0.25, 0.3) is 0 Å². The zero-order chi connectivity index (χ0) is 60.6. The molecule has 17 atom stereocenters. The molecule has 0 radical (unpaired) electrons. The van der Waals surface area contributed by atoms with Crippen LogP contribution in [0.25, 0.3) is 20.9 Å². The molecule has 0 spiro atoms. The van der Waals surface area contributed by atoms with E-state index in [1.165, 1.54) is 4.90 Å². The topological polar surface area (TPSA) is 352 Å². The first-order valence-electron chi connectivity index (χ1n) is 27.8. The van der Waals surface area contributed by atoms with Crippen LogP contribution >= 0.6 is 0 Å². The zero-order valence-electron chi connectivity index (χ0n) is 47.3. The highest BCUT2D eigenvalue weighted by atomic mass is 16.8. The summed E-state index contributed by atoms with van der Waals surface area (Å²) < 4.78 is 79.8. The fourth-order valence-corrected chi connectivity index (χ4v) is 11.1. The van der Waals surface area contributed by atoms with Gasteiger partial charge in [-0.2, -0.15) is 0 Å². The number of benzene rings is 3. The number of carbonyl (C=O) groups is 7. The van der Waals surface area contributed by atoms with Crippen LogP contribution in [-0.2, 0) is 105 Å². The van der Waals surface area contributed by atoms with E-state index in [4.69, 9.17) is 61.6 Å². The van der Waals surface area contributed by atoms with Gasteiger partial charge in [0.2, 0.25) is 0 Å². The summed E-state index contributed by atoms with van der Waals surface area (Å²) in [6.07, 6.45) is -18.4. The third-order valence-corrected chi connectivity index (χ3v) is 14.7. The second kappa shape index (κ2) is 30.1. The Morgan fingerprint density at radius 3 is 1.85 bits per heavy atom. The van der Waals surface area contributed by atoms with Crippen LogP contribution in [0.1, 0.15) is 77.0 Å². The van der Waals surface area contributed by atoms with Crippen molar-refractivity contribution in [2.75, 3.05) is 19.7 Å². The third kappa shape index (κ3) is 17.3. The van der Waals surface area contributed by atoms with E-state index < -0.39 is 159 Å². The summed E-state index contributed by atoms with van der Waals surface area (Å²) in [6.45, 7) is 5.21. The van der Waals surface area contributed by atoms with Gasteiger partial charge in [0, 0.05) is 50.0 Å². The van der Waals surface area contributed by atoms with Crippen LogP contribution in [0.5, 0.6) is 0 Å². The van der Waals surface area contributed by atoms with Crippen LogP contribution in [0.3, 0.4) is 0 Å². The molecule has 5 aliphatic rings. The molecule has 0 aromatic heterocycles. The fourth-order valence-electron chi connectivity index (χ4n) is 11.1. The lowest BCUT2D eigenvalue weighted by atomic mass is 9.76. The molecule has 28 nitrogen and oxygen atoms in total. The molecular weight excluding hydrogens is 1120 g/mol. The Kier molecular flexibility index (Phi) is 22.3. The predicted octanol–water partition coefficient (Wildman–Crippen LogP) is 6.55. The van der Waals surface area contributed by atoms with Crippen molar-refractivity contribution in [2.24, 2.45) is 22.1 Å². The Labute approximate surface area is 488 Å². The molecule has 1 N–H and O–H groups in total. The molecule has 0 unspecified atom stereocenters. The van der Waals surface area contributed by atoms with Crippen LogP contribution in [0.2, 0.25) is 0 Å². The Balaban J connectivity index is 1.11. The molecule has 1 aliphatic carbocycles. The molecule has 28 heteroatoms. The van der Waals surface area contributed by atoms with Crippen LogP contribution in [-0.4, -0.2) is 159 Å². The number of alkyl carbamates (subject to hydrolysis) is 1. The Hall–Kier alpha value is -8.07. The smallest absolute Gasteiger partial charge is 0.410 e. The molecule has 456 valence electrons. The van der Waals surface area contributed by atoms with Gasteiger partial charge in [-0.3, -0.25) is 24.0 Å². The van der Waals surface area contributed by atoms with Crippen molar-refractivity contribution in [1.82, 2.24) is 10.2 Å². The maximum atomic E-state index is 14.0. The summed E-state index contributed by atoms with van der Waals surface area (Å²) in [5.41, 5.74) is 21.5. The highest BCUT2D eigenvalue weighted by Gasteiger charge is 2.59. The molecule has 3 aromatic rings. The summed E-state index contributed by atoms with van der Waals surface area (Å²) in [5, 5.41) is 10.3. The first-order valence-corrected chi connectivity index (χ1v) is 27.8. The van der Waals surface area contributed by atoms with Crippen molar-refractivity contribution < 1.29 is 95.1 Å². The van der Waals surface area contributed by atoms with Gasteiger partial charge < -0.3 is 71.8 Å². The van der Waals surface area contributed by atoms with Gasteiger partial charge in [0.15, 0.2) is 37.2 Å². The van der Waals surface area contributed by atoms with Gasteiger partial charge in [-0.1, -0.05) is 108 Å². The van der Waals surface area contributed by atoms with E-state index in [1.54, 1.807) is 12.1 Å². The lowest BCUT2D eigenvalue weighted by Crippen LogP contribution is -2.62. The SMILES string of the molecule is CC(=O)OC[C@H]1O[C@@H](O[C@@H]2[C@H]3OC(=O)C[C@@H]3C[C@H](C)[C@H]2O[C@H]2O[C@H](CN(Cc3ccccc3)C(=O)OCc3ccccc3)CC[C@H]2NC(=O)OCc2ccccc2)[C@H](OC(C)=O)[C@@H]1O[C@H]1O[C@@H](CN=[N+]=[N-])[C@@H](OC(C)=O)[C@H](OC(C)=O)[C@H]1N=[N+]=[N-]. The number of carbonyl (C=O) groups excluding carboxylic acids is 7. The van der Waals surface area contributed by atoms with Crippen LogP contribution < -0.4 is 5.32 Å². The van der Waals surface area contributed by atoms with E-state index in [0.29, 0.717) is 12.8 Å². The molecule has 4 heterocycles. The monoisotopic (exact) mass is 1180 g/mol. The predicted molar refractivity (Wildman–Crippen MR) is 289 cm³/mol. The number of hydrogen-bond acceptors (Lipinski definition) is 22. The quantitative estimate of drug-likeness (QED) is 0.0346. The lowest BCUT2D eigenvalue weighted by Gasteiger charge is -2.46. The number of fused-ring (bicyclic) bond motifs is 1. The van der Waals surface area contributed by atoms with Gasteiger partial charge in [-0.05, 0) is 52.9 Å². The third-order valence-electron chi connectivity index (χ3n) is 14.7. The molecule has 1 saturated carbocycles. The maximum absolute atomic E-state index is 14.0. The van der Waals surface area contributed by atoms with Gasteiger partial charge in [0.05, 0.1) is 37.8 Å². The van der Waals surface area contributed by atoms with Crippen molar-refractivity contribution in [3.05, 3.63) is 129 Å². The first-order chi connectivity index (χ1) is 41.0. The van der Waals surface area contributed by atoms with Crippen molar-refractivity contribution in [1.29, 1.82) is 0 Å². The largest absolute Gasteiger partial charge is 0.463 e. The van der Waals surface area contributed by atoms with E-state index in [1.807, 2.05) is 85.8 Å². The normalized spacial score (nSPS) is 30.3. The van der Waals surface area contributed by atoms with Gasteiger partial charge in [0.1, 0.15) is 56.4 Å². The standard InChI is InChI=1S/C57H68N8O20/c1-31-23-39-24-44(70)82-47(39)51(85-55-52(78-35(5)69)49(43(81-55)30-73-32(2)66)84-54-45(62-64-59)50(77-34(4)68)48(76-33(3)67)42(80-54)25-60-63-58)46(31)83-53-41(61-56(71)74-28-37-17-11-7-12-18-37)22-21-40(79-53)27-65(26-36-15-9-6-10-16-36)57(72)75-29-38-19-13-8-14-20-38/h6-20,31,39-43,45-55H,21-30H2,1-5H3,(H,61,71)/t31-,39-,40-,41+,42-,43+,45+,46+,47-,48+,49+,50+,51-,52+,53+,54+,55-/m0/s1. The second-order valence-electron chi connectivity index (χ2n) is 21.1. The molecular formula is C57H68N8O20. The van der Waals surface area contributed by atoms with Gasteiger partial charge >= 0.3 is 42.0 Å². The minimum absolute atomic E-state index is 0.00593. The van der Waals surface area contributed by atoms with Crippen LogP contribution in [0, 0.1) is 11.8 Å². The number of amides is 2. The van der Waals surface area contributed by atoms with Gasteiger partial charge in [-0.15, -0.1) is 0 Å². The van der Waals surface area contributed by atoms with E-state index in [0.717, 1.165) is 44.4 Å².